The molecule has 3 heteroatoms. The third-order valence-corrected chi connectivity index (χ3v) is 1.98. The standard InChI is InChI=1S/C7H15NO.ClH/c8-6-2-1-3-7(9)5-4-6;/h6-7,9H,1-5,8H2;1H/t6-,7-;/m0./s1. The van der Waals surface area contributed by atoms with E-state index in [4.69, 9.17) is 10.8 Å². The Morgan fingerprint density at radius 2 is 1.80 bits per heavy atom. The highest BCUT2D eigenvalue weighted by molar-refractivity contribution is 5.85. The first kappa shape index (κ1) is 10.2. The minimum atomic E-state index is -0.0708. The largest absolute Gasteiger partial charge is 0.393 e. The van der Waals surface area contributed by atoms with E-state index in [1.54, 1.807) is 0 Å². The Balaban J connectivity index is 0.000000810. The molecule has 0 bridgehead atoms. The molecule has 0 heterocycles. The van der Waals surface area contributed by atoms with Crippen molar-refractivity contribution in [2.45, 2.75) is 44.2 Å². The van der Waals surface area contributed by atoms with Crippen LogP contribution in [0, 0.1) is 0 Å². The lowest BCUT2D eigenvalue weighted by atomic mass is 10.1. The molecule has 1 aliphatic rings. The van der Waals surface area contributed by atoms with E-state index >= 15 is 0 Å². The van der Waals surface area contributed by atoms with Crippen LogP contribution in [0.25, 0.3) is 0 Å². The van der Waals surface area contributed by atoms with E-state index in [-0.39, 0.29) is 18.5 Å². The third-order valence-electron chi connectivity index (χ3n) is 1.98. The minimum Gasteiger partial charge on any atom is -0.393 e. The fourth-order valence-electron chi connectivity index (χ4n) is 1.31. The zero-order valence-electron chi connectivity index (χ0n) is 6.12. The Bertz CT molecular complexity index is 79.7. The Morgan fingerprint density at radius 1 is 1.10 bits per heavy atom. The van der Waals surface area contributed by atoms with Crippen LogP contribution in [-0.2, 0) is 0 Å². The van der Waals surface area contributed by atoms with Crippen LogP contribution < -0.4 is 5.73 Å². The van der Waals surface area contributed by atoms with Crippen LogP contribution in [0.2, 0.25) is 0 Å². The first-order valence-electron chi connectivity index (χ1n) is 3.72. The lowest BCUT2D eigenvalue weighted by Gasteiger charge is -2.05. The number of halogens is 1. The van der Waals surface area contributed by atoms with Crippen molar-refractivity contribution in [3.63, 3.8) is 0 Å². The topological polar surface area (TPSA) is 46.2 Å². The van der Waals surface area contributed by atoms with Crippen molar-refractivity contribution in [3.05, 3.63) is 0 Å². The van der Waals surface area contributed by atoms with E-state index < -0.39 is 0 Å². The summed E-state index contributed by atoms with van der Waals surface area (Å²) < 4.78 is 0. The molecule has 1 rings (SSSR count). The lowest BCUT2D eigenvalue weighted by molar-refractivity contribution is 0.157. The molecule has 2 atom stereocenters. The van der Waals surface area contributed by atoms with E-state index in [1.807, 2.05) is 0 Å². The molecule has 0 aromatic carbocycles. The van der Waals surface area contributed by atoms with Gasteiger partial charge in [0.2, 0.25) is 0 Å². The normalized spacial score (nSPS) is 34.2. The lowest BCUT2D eigenvalue weighted by Crippen LogP contribution is -2.18. The van der Waals surface area contributed by atoms with Crippen LogP contribution in [0.1, 0.15) is 32.1 Å². The fourth-order valence-corrected chi connectivity index (χ4v) is 1.31. The number of aliphatic hydroxyl groups is 1. The molecule has 0 saturated heterocycles. The Hall–Kier alpha value is 0.210. The van der Waals surface area contributed by atoms with Crippen molar-refractivity contribution in [2.75, 3.05) is 0 Å². The van der Waals surface area contributed by atoms with E-state index in [1.165, 1.54) is 0 Å². The summed E-state index contributed by atoms with van der Waals surface area (Å²) in [6.45, 7) is 0. The van der Waals surface area contributed by atoms with Crippen LogP contribution in [0.15, 0.2) is 0 Å². The molecular formula is C7H16ClNO. The van der Waals surface area contributed by atoms with Gasteiger partial charge < -0.3 is 10.8 Å². The molecule has 1 fully saturated rings. The van der Waals surface area contributed by atoms with Crippen molar-refractivity contribution < 1.29 is 5.11 Å². The zero-order valence-corrected chi connectivity index (χ0v) is 6.94. The van der Waals surface area contributed by atoms with Gasteiger partial charge in [-0.25, -0.2) is 0 Å². The predicted octanol–water partition coefficient (Wildman–Crippen LogP) is 1.06. The first-order chi connectivity index (χ1) is 4.29. The molecule has 0 amide bonds. The molecule has 10 heavy (non-hydrogen) atoms. The fraction of sp³-hybridized carbons (Fsp3) is 1.00. The highest BCUT2D eigenvalue weighted by Crippen LogP contribution is 2.15. The van der Waals surface area contributed by atoms with Gasteiger partial charge in [-0.3, -0.25) is 0 Å². The monoisotopic (exact) mass is 165 g/mol. The average Bonchev–Trinajstić information content (AvgIpc) is 1.97. The highest BCUT2D eigenvalue weighted by Gasteiger charge is 2.12. The van der Waals surface area contributed by atoms with Crippen LogP contribution in [-0.4, -0.2) is 17.3 Å². The summed E-state index contributed by atoms with van der Waals surface area (Å²) in [4.78, 5) is 0. The summed E-state index contributed by atoms with van der Waals surface area (Å²) in [7, 11) is 0. The van der Waals surface area contributed by atoms with Crippen molar-refractivity contribution in [1.82, 2.24) is 0 Å². The SMILES string of the molecule is Cl.N[C@H]1CCC[C@H](O)CC1. The molecule has 0 aliphatic heterocycles. The predicted molar refractivity (Wildman–Crippen MR) is 44.3 cm³/mol. The van der Waals surface area contributed by atoms with Gasteiger partial charge in [-0.05, 0) is 32.1 Å². The number of hydrogen-bond acceptors (Lipinski definition) is 2. The molecular weight excluding hydrogens is 150 g/mol. The summed E-state index contributed by atoms with van der Waals surface area (Å²) in [6, 6.07) is 0.349. The smallest absolute Gasteiger partial charge is 0.0540 e. The van der Waals surface area contributed by atoms with Gasteiger partial charge in [-0.15, -0.1) is 12.4 Å². The van der Waals surface area contributed by atoms with E-state index in [2.05, 4.69) is 0 Å². The maximum absolute atomic E-state index is 9.15. The summed E-state index contributed by atoms with van der Waals surface area (Å²) >= 11 is 0. The van der Waals surface area contributed by atoms with Gasteiger partial charge >= 0.3 is 0 Å². The highest BCUT2D eigenvalue weighted by atomic mass is 35.5. The van der Waals surface area contributed by atoms with Crippen molar-refractivity contribution in [3.8, 4) is 0 Å². The van der Waals surface area contributed by atoms with Crippen molar-refractivity contribution in [2.24, 2.45) is 5.73 Å². The van der Waals surface area contributed by atoms with E-state index in [9.17, 15) is 0 Å². The molecule has 62 valence electrons. The number of hydrogen-bond donors (Lipinski definition) is 2. The van der Waals surface area contributed by atoms with Crippen molar-refractivity contribution in [1.29, 1.82) is 0 Å². The number of aliphatic hydroxyl groups excluding tert-OH is 1. The van der Waals surface area contributed by atoms with Gasteiger partial charge in [0.05, 0.1) is 6.10 Å². The summed E-state index contributed by atoms with van der Waals surface area (Å²) in [5.41, 5.74) is 5.69. The van der Waals surface area contributed by atoms with Crippen LogP contribution in [0.5, 0.6) is 0 Å². The first-order valence-corrected chi connectivity index (χ1v) is 3.72. The second kappa shape index (κ2) is 4.94. The summed E-state index contributed by atoms with van der Waals surface area (Å²) in [5.74, 6) is 0. The number of nitrogens with two attached hydrogens (primary N) is 1. The quantitative estimate of drug-likeness (QED) is 0.528. The molecule has 0 spiro atoms. The van der Waals surface area contributed by atoms with Crippen LogP contribution in [0.4, 0.5) is 0 Å². The minimum absolute atomic E-state index is 0. The van der Waals surface area contributed by atoms with Crippen molar-refractivity contribution >= 4 is 12.4 Å². The van der Waals surface area contributed by atoms with Crippen LogP contribution in [0.3, 0.4) is 0 Å². The second-order valence-corrected chi connectivity index (χ2v) is 2.92. The van der Waals surface area contributed by atoms with Gasteiger partial charge in [0.15, 0.2) is 0 Å². The zero-order chi connectivity index (χ0) is 6.69. The Labute approximate surface area is 68.2 Å². The van der Waals surface area contributed by atoms with E-state index in [0.29, 0.717) is 6.04 Å². The molecule has 0 radical (unpaired) electrons. The maximum atomic E-state index is 9.15. The summed E-state index contributed by atoms with van der Waals surface area (Å²) in [5, 5.41) is 9.15. The van der Waals surface area contributed by atoms with E-state index in [0.717, 1.165) is 32.1 Å². The van der Waals surface area contributed by atoms with Gasteiger partial charge in [0.25, 0.3) is 0 Å². The molecule has 0 aromatic heterocycles. The van der Waals surface area contributed by atoms with Crippen LogP contribution >= 0.6 is 12.4 Å². The Kier molecular flexibility index (Phi) is 5.04. The maximum Gasteiger partial charge on any atom is 0.0540 e. The summed E-state index contributed by atoms with van der Waals surface area (Å²) in [6.07, 6.45) is 4.98. The van der Waals surface area contributed by atoms with Gasteiger partial charge in [-0.1, -0.05) is 0 Å². The van der Waals surface area contributed by atoms with Gasteiger partial charge in [0, 0.05) is 6.04 Å². The van der Waals surface area contributed by atoms with Gasteiger partial charge in [-0.2, -0.15) is 0 Å². The number of rotatable bonds is 0. The molecule has 0 unspecified atom stereocenters. The average molecular weight is 166 g/mol. The van der Waals surface area contributed by atoms with Gasteiger partial charge in [0.1, 0.15) is 0 Å². The molecule has 0 aromatic rings. The Morgan fingerprint density at radius 3 is 2.50 bits per heavy atom. The molecule has 1 saturated carbocycles. The third kappa shape index (κ3) is 3.40. The second-order valence-electron chi connectivity index (χ2n) is 2.92. The molecule has 2 nitrogen and oxygen atoms in total. The molecule has 1 aliphatic carbocycles. The molecule has 3 N–H and O–H groups in total.